The van der Waals surface area contributed by atoms with E-state index in [1.807, 2.05) is 0 Å². The molecule has 1 aromatic rings. The fourth-order valence-corrected chi connectivity index (χ4v) is 0.974. The number of nitrogens with two attached hydrogens (primary N) is 1. The van der Waals surface area contributed by atoms with Gasteiger partial charge in [0.25, 0.3) is 0 Å². The standard InChI is InChI=1S/C10H12F3NO2/c11-10(12,13)7-16-9-3-1-8(2-4-9)15-6-5-14/h1-4H,5-7,14H2. The molecule has 90 valence electrons. The summed E-state index contributed by atoms with van der Waals surface area (Å²) < 4.78 is 45.1. The van der Waals surface area contributed by atoms with Crippen molar-refractivity contribution in [3.8, 4) is 11.5 Å². The summed E-state index contributed by atoms with van der Waals surface area (Å²) >= 11 is 0. The number of halogens is 3. The Labute approximate surface area is 91.0 Å². The van der Waals surface area contributed by atoms with Gasteiger partial charge in [-0.05, 0) is 24.3 Å². The minimum atomic E-state index is -4.32. The molecule has 0 atom stereocenters. The normalized spacial score (nSPS) is 11.2. The minimum Gasteiger partial charge on any atom is -0.492 e. The Morgan fingerprint density at radius 1 is 1.00 bits per heavy atom. The van der Waals surface area contributed by atoms with Crippen LogP contribution in [-0.2, 0) is 0 Å². The summed E-state index contributed by atoms with van der Waals surface area (Å²) in [5.74, 6) is 0.697. The van der Waals surface area contributed by atoms with Crippen molar-refractivity contribution in [1.29, 1.82) is 0 Å². The van der Waals surface area contributed by atoms with Crippen molar-refractivity contribution in [2.24, 2.45) is 5.73 Å². The summed E-state index contributed by atoms with van der Waals surface area (Å²) in [5.41, 5.74) is 5.23. The molecule has 2 N–H and O–H groups in total. The molecule has 0 aromatic heterocycles. The maximum atomic E-state index is 11.8. The van der Waals surface area contributed by atoms with Crippen LogP contribution < -0.4 is 15.2 Å². The summed E-state index contributed by atoms with van der Waals surface area (Å²) in [6.45, 7) is -0.551. The molecular weight excluding hydrogens is 223 g/mol. The summed E-state index contributed by atoms with van der Waals surface area (Å²) in [6.07, 6.45) is -4.32. The fourth-order valence-electron chi connectivity index (χ4n) is 0.974. The van der Waals surface area contributed by atoms with E-state index in [1.54, 1.807) is 0 Å². The molecule has 0 saturated carbocycles. The van der Waals surface area contributed by atoms with Gasteiger partial charge in [-0.1, -0.05) is 0 Å². The largest absolute Gasteiger partial charge is 0.492 e. The van der Waals surface area contributed by atoms with Crippen LogP contribution >= 0.6 is 0 Å². The highest BCUT2D eigenvalue weighted by Gasteiger charge is 2.28. The van der Waals surface area contributed by atoms with Crippen LogP contribution in [0.5, 0.6) is 11.5 Å². The first kappa shape index (κ1) is 12.6. The summed E-state index contributed by atoms with van der Waals surface area (Å²) in [5, 5.41) is 0. The maximum absolute atomic E-state index is 11.8. The summed E-state index contributed by atoms with van der Waals surface area (Å²) in [7, 11) is 0. The van der Waals surface area contributed by atoms with E-state index in [4.69, 9.17) is 10.5 Å². The van der Waals surface area contributed by atoms with Crippen LogP contribution in [0.25, 0.3) is 0 Å². The molecule has 0 aliphatic carbocycles. The first-order chi connectivity index (χ1) is 7.51. The van der Waals surface area contributed by atoms with Gasteiger partial charge in [-0.3, -0.25) is 0 Å². The summed E-state index contributed by atoms with van der Waals surface area (Å²) in [4.78, 5) is 0. The molecule has 0 amide bonds. The van der Waals surface area contributed by atoms with Crippen molar-refractivity contribution in [1.82, 2.24) is 0 Å². The predicted octanol–water partition coefficient (Wildman–Crippen LogP) is 1.97. The predicted molar refractivity (Wildman–Crippen MR) is 52.5 cm³/mol. The third-order valence-electron chi connectivity index (χ3n) is 1.61. The van der Waals surface area contributed by atoms with Crippen molar-refractivity contribution in [3.05, 3.63) is 24.3 Å². The smallest absolute Gasteiger partial charge is 0.422 e. The van der Waals surface area contributed by atoms with E-state index in [-0.39, 0.29) is 5.75 Å². The number of alkyl halides is 3. The molecule has 1 rings (SSSR count). The molecule has 0 bridgehead atoms. The van der Waals surface area contributed by atoms with E-state index >= 15 is 0 Å². The number of hydrogen-bond donors (Lipinski definition) is 1. The molecule has 6 heteroatoms. The molecule has 16 heavy (non-hydrogen) atoms. The van der Waals surface area contributed by atoms with Gasteiger partial charge in [0.05, 0.1) is 0 Å². The Kier molecular flexibility index (Phi) is 4.42. The second kappa shape index (κ2) is 5.60. The Morgan fingerprint density at radius 2 is 1.50 bits per heavy atom. The number of benzene rings is 1. The van der Waals surface area contributed by atoms with E-state index in [0.717, 1.165) is 0 Å². The lowest BCUT2D eigenvalue weighted by Gasteiger charge is -2.09. The molecule has 1 aromatic carbocycles. The van der Waals surface area contributed by atoms with Crippen molar-refractivity contribution >= 4 is 0 Å². The topological polar surface area (TPSA) is 44.5 Å². The second-order valence-electron chi connectivity index (χ2n) is 3.01. The Bertz CT molecular complexity index is 311. The van der Waals surface area contributed by atoms with Crippen LogP contribution in [0.3, 0.4) is 0 Å². The van der Waals surface area contributed by atoms with Crippen LogP contribution in [0.15, 0.2) is 24.3 Å². The third-order valence-corrected chi connectivity index (χ3v) is 1.61. The molecule has 0 spiro atoms. The highest BCUT2D eigenvalue weighted by Crippen LogP contribution is 2.20. The molecule has 0 heterocycles. The van der Waals surface area contributed by atoms with Gasteiger partial charge in [-0.25, -0.2) is 0 Å². The van der Waals surface area contributed by atoms with E-state index in [0.29, 0.717) is 18.9 Å². The van der Waals surface area contributed by atoms with Crippen LogP contribution in [0.2, 0.25) is 0 Å². The van der Waals surface area contributed by atoms with Gasteiger partial charge in [0.15, 0.2) is 6.61 Å². The van der Waals surface area contributed by atoms with Crippen LogP contribution in [0, 0.1) is 0 Å². The molecule has 0 unspecified atom stereocenters. The van der Waals surface area contributed by atoms with E-state index in [9.17, 15) is 13.2 Å². The Morgan fingerprint density at radius 3 is 1.94 bits per heavy atom. The van der Waals surface area contributed by atoms with Gasteiger partial charge in [-0.2, -0.15) is 13.2 Å². The van der Waals surface area contributed by atoms with E-state index in [2.05, 4.69) is 4.74 Å². The van der Waals surface area contributed by atoms with Gasteiger partial charge in [0.2, 0.25) is 0 Å². The van der Waals surface area contributed by atoms with Crippen molar-refractivity contribution in [2.45, 2.75) is 6.18 Å². The van der Waals surface area contributed by atoms with Gasteiger partial charge >= 0.3 is 6.18 Å². The molecule has 3 nitrogen and oxygen atoms in total. The first-order valence-electron chi connectivity index (χ1n) is 4.64. The van der Waals surface area contributed by atoms with E-state index < -0.39 is 12.8 Å². The molecule has 0 saturated heterocycles. The van der Waals surface area contributed by atoms with Crippen molar-refractivity contribution in [2.75, 3.05) is 19.8 Å². The lowest BCUT2D eigenvalue weighted by atomic mass is 10.3. The molecule has 0 fully saturated rings. The molecule has 0 radical (unpaired) electrons. The first-order valence-corrected chi connectivity index (χ1v) is 4.64. The lowest BCUT2D eigenvalue weighted by Crippen LogP contribution is -2.19. The average molecular weight is 235 g/mol. The maximum Gasteiger partial charge on any atom is 0.422 e. The Balaban J connectivity index is 2.45. The minimum absolute atomic E-state index is 0.150. The summed E-state index contributed by atoms with van der Waals surface area (Å²) in [6, 6.07) is 5.89. The molecule has 0 aliphatic rings. The van der Waals surface area contributed by atoms with Crippen molar-refractivity contribution < 1.29 is 22.6 Å². The quantitative estimate of drug-likeness (QED) is 0.848. The molecule has 0 aliphatic heterocycles. The molecular formula is C10H12F3NO2. The third kappa shape index (κ3) is 4.88. The monoisotopic (exact) mass is 235 g/mol. The highest BCUT2D eigenvalue weighted by atomic mass is 19.4. The zero-order valence-electron chi connectivity index (χ0n) is 8.46. The second-order valence-corrected chi connectivity index (χ2v) is 3.01. The van der Waals surface area contributed by atoms with Crippen LogP contribution in [0.4, 0.5) is 13.2 Å². The number of ether oxygens (including phenoxy) is 2. The van der Waals surface area contributed by atoms with Crippen molar-refractivity contribution in [3.63, 3.8) is 0 Å². The van der Waals surface area contributed by atoms with E-state index in [1.165, 1.54) is 24.3 Å². The lowest BCUT2D eigenvalue weighted by molar-refractivity contribution is -0.153. The zero-order chi connectivity index (χ0) is 12.0. The van der Waals surface area contributed by atoms with Crippen LogP contribution in [-0.4, -0.2) is 25.9 Å². The SMILES string of the molecule is NCCOc1ccc(OCC(F)(F)F)cc1. The van der Waals surface area contributed by atoms with Gasteiger partial charge in [0.1, 0.15) is 18.1 Å². The number of rotatable bonds is 5. The number of hydrogen-bond acceptors (Lipinski definition) is 3. The van der Waals surface area contributed by atoms with Gasteiger partial charge < -0.3 is 15.2 Å². The van der Waals surface area contributed by atoms with Gasteiger partial charge in [-0.15, -0.1) is 0 Å². The Hall–Kier alpha value is -1.43. The van der Waals surface area contributed by atoms with Crippen LogP contribution in [0.1, 0.15) is 0 Å². The fraction of sp³-hybridized carbons (Fsp3) is 0.400. The zero-order valence-corrected chi connectivity index (χ0v) is 8.46. The average Bonchev–Trinajstić information content (AvgIpc) is 2.24. The van der Waals surface area contributed by atoms with Gasteiger partial charge in [0, 0.05) is 6.54 Å². The highest BCUT2D eigenvalue weighted by molar-refractivity contribution is 5.31.